The summed E-state index contributed by atoms with van der Waals surface area (Å²) in [7, 11) is -1.85. The van der Waals surface area contributed by atoms with Crippen molar-refractivity contribution in [2.75, 3.05) is 38.1 Å². The van der Waals surface area contributed by atoms with Crippen LogP contribution in [0.2, 0.25) is 0 Å². The van der Waals surface area contributed by atoms with Gasteiger partial charge in [0.25, 0.3) is 0 Å². The van der Waals surface area contributed by atoms with Gasteiger partial charge in [0.05, 0.1) is 20.8 Å². The van der Waals surface area contributed by atoms with E-state index in [0.717, 1.165) is 77.2 Å². The lowest BCUT2D eigenvalue weighted by atomic mass is 9.98. The van der Waals surface area contributed by atoms with Crippen molar-refractivity contribution in [3.63, 3.8) is 0 Å². The van der Waals surface area contributed by atoms with Crippen LogP contribution in [0.3, 0.4) is 0 Å². The Kier molecular flexibility index (Phi) is 6.90. The number of anilines is 1. The minimum absolute atomic E-state index is 0.366. The Morgan fingerprint density at radius 3 is 2.76 bits per heavy atom. The first-order chi connectivity index (χ1) is 18.4. The van der Waals surface area contributed by atoms with Crippen molar-refractivity contribution < 1.29 is 8.42 Å². The fourth-order valence-corrected chi connectivity index (χ4v) is 7.57. The monoisotopic (exact) mass is 548 g/mol. The van der Waals surface area contributed by atoms with Crippen LogP contribution in [-0.4, -0.2) is 60.9 Å². The van der Waals surface area contributed by atoms with Gasteiger partial charge >= 0.3 is 0 Å². The number of aryl methyl sites for hydroxylation is 1. The van der Waals surface area contributed by atoms with Gasteiger partial charge in [-0.1, -0.05) is 6.07 Å². The molecule has 198 valence electrons. The summed E-state index contributed by atoms with van der Waals surface area (Å²) in [4.78, 5) is 17.2. The van der Waals surface area contributed by atoms with Crippen LogP contribution in [0.25, 0.3) is 21.3 Å². The van der Waals surface area contributed by atoms with Crippen LogP contribution < -0.4 is 10.2 Å². The predicted molar refractivity (Wildman–Crippen MR) is 152 cm³/mol. The average molecular weight is 549 g/mol. The van der Waals surface area contributed by atoms with Gasteiger partial charge in [-0.15, -0.1) is 11.3 Å². The number of hydrogen-bond donors (Lipinski definition) is 1. The van der Waals surface area contributed by atoms with Crippen LogP contribution in [0, 0.1) is 12.8 Å². The Hall–Kier alpha value is -2.92. The molecule has 1 saturated heterocycles. The first-order valence-electron chi connectivity index (χ1n) is 13.1. The van der Waals surface area contributed by atoms with Gasteiger partial charge in [-0.25, -0.2) is 22.7 Å². The molecular formula is C28H32N6O2S2. The third-order valence-electron chi connectivity index (χ3n) is 7.80. The van der Waals surface area contributed by atoms with Crippen LogP contribution in [0.4, 0.5) is 5.82 Å². The molecule has 4 aromatic rings. The fourth-order valence-electron chi connectivity index (χ4n) is 5.67. The number of rotatable bonds is 6. The molecule has 2 aliphatic rings. The molecule has 0 amide bonds. The van der Waals surface area contributed by atoms with Gasteiger partial charge in [0.15, 0.2) is 0 Å². The number of nitrogens with one attached hydrogen (secondary N) is 1. The highest BCUT2D eigenvalue weighted by molar-refractivity contribution is 7.89. The molecule has 8 nitrogen and oxygen atoms in total. The maximum atomic E-state index is 13.5. The first-order valence-corrected chi connectivity index (χ1v) is 15.4. The lowest BCUT2D eigenvalue weighted by molar-refractivity contribution is 0.311. The summed E-state index contributed by atoms with van der Waals surface area (Å²) in [6.45, 7) is 5.96. The molecule has 0 saturated carbocycles. The quantitative estimate of drug-likeness (QED) is 0.385. The van der Waals surface area contributed by atoms with Gasteiger partial charge in [0.1, 0.15) is 12.1 Å². The minimum atomic E-state index is -3.56. The normalized spacial score (nSPS) is 16.8. The summed E-state index contributed by atoms with van der Waals surface area (Å²) in [5.41, 5.74) is 7.21. The number of benzene rings is 2. The molecule has 0 unspecified atom stereocenters. The van der Waals surface area contributed by atoms with E-state index in [4.69, 9.17) is 4.98 Å². The van der Waals surface area contributed by atoms with Gasteiger partial charge in [-0.2, -0.15) is 0 Å². The number of piperidine rings is 1. The van der Waals surface area contributed by atoms with Gasteiger partial charge in [-0.05, 0) is 91.7 Å². The fraction of sp³-hybridized carbons (Fsp3) is 0.393. The second-order valence-corrected chi connectivity index (χ2v) is 13.3. The zero-order valence-corrected chi connectivity index (χ0v) is 23.4. The smallest absolute Gasteiger partial charge is 0.242 e. The summed E-state index contributed by atoms with van der Waals surface area (Å²) in [6.07, 6.45) is 6.37. The van der Waals surface area contributed by atoms with Crippen molar-refractivity contribution >= 4 is 38.1 Å². The summed E-state index contributed by atoms with van der Waals surface area (Å²) in [6, 6.07) is 9.93. The molecule has 4 heterocycles. The third-order valence-corrected chi connectivity index (χ3v) is 10.4. The predicted octanol–water partition coefficient (Wildman–Crippen LogP) is 4.24. The molecular weight excluding hydrogens is 516 g/mol. The molecule has 2 aromatic carbocycles. The van der Waals surface area contributed by atoms with E-state index in [0.29, 0.717) is 23.9 Å². The second kappa shape index (κ2) is 10.3. The van der Waals surface area contributed by atoms with E-state index in [2.05, 4.69) is 39.2 Å². The number of sulfonamides is 1. The van der Waals surface area contributed by atoms with E-state index in [1.165, 1.54) is 9.87 Å². The van der Waals surface area contributed by atoms with Crippen molar-refractivity contribution in [3.05, 3.63) is 65.1 Å². The zero-order valence-electron chi connectivity index (χ0n) is 21.7. The van der Waals surface area contributed by atoms with E-state index in [1.807, 2.05) is 23.8 Å². The average Bonchev–Trinajstić information content (AvgIpc) is 3.48. The van der Waals surface area contributed by atoms with Crippen molar-refractivity contribution in [1.29, 1.82) is 0 Å². The highest BCUT2D eigenvalue weighted by Crippen LogP contribution is 2.35. The zero-order chi connectivity index (χ0) is 26.3. The Balaban J connectivity index is 1.30. The van der Waals surface area contributed by atoms with Crippen LogP contribution >= 0.6 is 11.3 Å². The molecule has 38 heavy (non-hydrogen) atoms. The van der Waals surface area contributed by atoms with Gasteiger partial charge in [0.2, 0.25) is 10.0 Å². The highest BCUT2D eigenvalue weighted by atomic mass is 32.2. The first kappa shape index (κ1) is 25.4. The number of aromatic nitrogens is 3. The highest BCUT2D eigenvalue weighted by Gasteiger charge is 2.27. The van der Waals surface area contributed by atoms with E-state index in [-0.39, 0.29) is 0 Å². The van der Waals surface area contributed by atoms with Crippen LogP contribution in [0.5, 0.6) is 0 Å². The number of thiazole rings is 1. The van der Waals surface area contributed by atoms with E-state index in [1.54, 1.807) is 30.8 Å². The van der Waals surface area contributed by atoms with Crippen LogP contribution in [0.1, 0.15) is 29.5 Å². The topological polar surface area (TPSA) is 91.3 Å². The molecule has 2 aromatic heterocycles. The molecule has 2 aliphatic heterocycles. The molecule has 1 fully saturated rings. The van der Waals surface area contributed by atoms with E-state index in [9.17, 15) is 8.42 Å². The minimum Gasteiger partial charge on any atom is -0.351 e. The SMILES string of the molecule is Cc1cc(-c2cncs2)cc2c(N3CCc4ccc(S(=O)(=O)N(C)CC5CCNCC5)cc4C3)ncnc12. The van der Waals surface area contributed by atoms with Crippen LogP contribution in [-0.2, 0) is 23.0 Å². The Morgan fingerprint density at radius 2 is 1.97 bits per heavy atom. The number of hydrogen-bond acceptors (Lipinski definition) is 8. The van der Waals surface area contributed by atoms with Gasteiger partial charge in [0, 0.05) is 38.3 Å². The molecule has 0 spiro atoms. The van der Waals surface area contributed by atoms with E-state index < -0.39 is 10.0 Å². The van der Waals surface area contributed by atoms with Crippen molar-refractivity contribution in [2.45, 2.75) is 37.6 Å². The standard InChI is InChI=1S/C28H32N6O2S2/c1-19-11-22(26-14-30-18-37-26)13-25-27(19)31-17-32-28(25)34-10-7-21-3-4-24(12-23(21)16-34)38(35,36)33(2)15-20-5-8-29-9-6-20/h3-4,11-14,17-18,20,29H,5-10,15-16H2,1-2H3. The second-order valence-electron chi connectivity index (χ2n) is 10.3. The molecule has 1 N–H and O–H groups in total. The molecule has 0 radical (unpaired) electrons. The van der Waals surface area contributed by atoms with Gasteiger partial charge in [-0.3, -0.25) is 4.98 Å². The van der Waals surface area contributed by atoms with Crippen molar-refractivity contribution in [2.24, 2.45) is 5.92 Å². The lowest BCUT2D eigenvalue weighted by Crippen LogP contribution is -2.37. The lowest BCUT2D eigenvalue weighted by Gasteiger charge is -2.31. The van der Waals surface area contributed by atoms with Crippen molar-refractivity contribution in [3.8, 4) is 10.4 Å². The molecule has 6 rings (SSSR count). The molecule has 0 atom stereocenters. The number of fused-ring (bicyclic) bond motifs is 2. The molecule has 0 bridgehead atoms. The van der Waals surface area contributed by atoms with Crippen molar-refractivity contribution in [1.82, 2.24) is 24.6 Å². The maximum Gasteiger partial charge on any atom is 0.242 e. The largest absolute Gasteiger partial charge is 0.351 e. The summed E-state index contributed by atoms with van der Waals surface area (Å²) in [5.74, 6) is 1.28. The number of nitrogens with zero attached hydrogens (tertiary/aromatic N) is 5. The summed E-state index contributed by atoms with van der Waals surface area (Å²) >= 11 is 1.61. The van der Waals surface area contributed by atoms with E-state index >= 15 is 0 Å². The molecule has 10 heteroatoms. The molecule has 0 aliphatic carbocycles. The summed E-state index contributed by atoms with van der Waals surface area (Å²) < 4.78 is 28.5. The van der Waals surface area contributed by atoms with Gasteiger partial charge < -0.3 is 10.2 Å². The maximum absolute atomic E-state index is 13.5. The Morgan fingerprint density at radius 1 is 1.13 bits per heavy atom. The Labute approximate surface area is 227 Å². The summed E-state index contributed by atoms with van der Waals surface area (Å²) in [5, 5.41) is 4.35. The Bertz CT molecular complexity index is 1570. The third kappa shape index (κ3) is 4.82. The van der Waals surface area contributed by atoms with Crippen LogP contribution in [0.15, 0.2) is 53.3 Å².